The van der Waals surface area contributed by atoms with Crippen LogP contribution in [0.5, 0.6) is 0 Å². The molecule has 0 aliphatic rings. The van der Waals surface area contributed by atoms with Crippen LogP contribution in [0.15, 0.2) is 146 Å². The minimum absolute atomic E-state index is 0.869. The zero-order valence-corrected chi connectivity index (χ0v) is 22.6. The Morgan fingerprint density at radius 3 is 1.05 bits per heavy atom. The van der Waals surface area contributed by atoms with Gasteiger partial charge >= 0.3 is 0 Å². The first-order chi connectivity index (χ1) is 20.8. The summed E-state index contributed by atoms with van der Waals surface area (Å²) in [6.07, 6.45) is 7.36. The normalized spacial score (nSPS) is 11.3. The lowest BCUT2D eigenvalue weighted by Crippen LogP contribution is -1.98. The highest BCUT2D eigenvalue weighted by Crippen LogP contribution is 2.42. The predicted molar refractivity (Wildman–Crippen MR) is 172 cm³/mol. The summed E-state index contributed by atoms with van der Waals surface area (Å²) in [5.41, 5.74) is 10.2. The van der Waals surface area contributed by atoms with Crippen LogP contribution in [0.2, 0.25) is 0 Å². The molecule has 0 saturated carbocycles. The Hall–Kier alpha value is -5.74. The molecule has 8 aromatic rings. The molecule has 0 fully saturated rings. The van der Waals surface area contributed by atoms with E-state index in [1.165, 1.54) is 21.9 Å². The molecule has 3 heterocycles. The second-order valence-electron chi connectivity index (χ2n) is 10.3. The molecule has 3 aromatic heterocycles. The van der Waals surface area contributed by atoms with Crippen molar-refractivity contribution < 1.29 is 0 Å². The lowest BCUT2D eigenvalue weighted by atomic mass is 9.90. The number of pyridine rings is 2. The number of para-hydroxylation sites is 2. The SMILES string of the molecule is c1ccc2nc(-c3ccc(-c4ccncc4)c4ccccc34)c(-c3ccc(-c4ccncc4)c4ccccc34)nc2c1. The third-order valence-corrected chi connectivity index (χ3v) is 7.91. The molecule has 0 atom stereocenters. The lowest BCUT2D eigenvalue weighted by Gasteiger charge is -2.17. The van der Waals surface area contributed by atoms with Crippen LogP contribution < -0.4 is 0 Å². The van der Waals surface area contributed by atoms with Gasteiger partial charge < -0.3 is 0 Å². The summed E-state index contributed by atoms with van der Waals surface area (Å²) in [6, 6.07) is 42.2. The van der Waals surface area contributed by atoms with Crippen molar-refractivity contribution in [2.24, 2.45) is 0 Å². The zero-order valence-electron chi connectivity index (χ0n) is 22.6. The minimum atomic E-state index is 0.869. The van der Waals surface area contributed by atoms with Crippen molar-refractivity contribution in [2.45, 2.75) is 0 Å². The molecule has 4 nitrogen and oxygen atoms in total. The number of benzene rings is 5. The number of nitrogens with zero attached hydrogens (tertiary/aromatic N) is 4. The molecular formula is C38H24N4. The topological polar surface area (TPSA) is 51.6 Å². The fraction of sp³-hybridized carbons (Fsp3) is 0. The van der Waals surface area contributed by atoms with E-state index in [1.807, 2.05) is 49.1 Å². The van der Waals surface area contributed by atoms with Crippen molar-refractivity contribution in [3.8, 4) is 44.8 Å². The van der Waals surface area contributed by atoms with Crippen molar-refractivity contribution in [2.75, 3.05) is 0 Å². The van der Waals surface area contributed by atoms with E-state index in [9.17, 15) is 0 Å². The van der Waals surface area contributed by atoms with E-state index in [2.05, 4.69) is 107 Å². The molecule has 8 rings (SSSR count). The molecule has 0 unspecified atom stereocenters. The Morgan fingerprint density at radius 2 is 0.643 bits per heavy atom. The smallest absolute Gasteiger partial charge is 0.0979 e. The van der Waals surface area contributed by atoms with Crippen LogP contribution >= 0.6 is 0 Å². The van der Waals surface area contributed by atoms with Gasteiger partial charge in [-0.25, -0.2) is 9.97 Å². The molecule has 0 aliphatic carbocycles. The standard InChI is InChI=1S/C38H24N4/c1-3-9-31-29(7-1)27(25-17-21-39-22-18-25)13-15-33(31)37-38(42-36-12-6-5-11-35(36)41-37)34-16-14-28(26-19-23-40-24-20-26)30-8-2-4-10-32(30)34/h1-24H. The van der Waals surface area contributed by atoms with Gasteiger partial charge in [-0.2, -0.15) is 0 Å². The summed E-state index contributed by atoms with van der Waals surface area (Å²) in [6.45, 7) is 0. The zero-order chi connectivity index (χ0) is 27.9. The van der Waals surface area contributed by atoms with Gasteiger partial charge in [0.15, 0.2) is 0 Å². The van der Waals surface area contributed by atoms with E-state index in [0.29, 0.717) is 0 Å². The van der Waals surface area contributed by atoms with E-state index >= 15 is 0 Å². The van der Waals surface area contributed by atoms with E-state index in [1.54, 1.807) is 0 Å². The predicted octanol–water partition coefficient (Wildman–Crippen LogP) is 9.39. The van der Waals surface area contributed by atoms with Crippen LogP contribution in [0.4, 0.5) is 0 Å². The summed E-state index contributed by atoms with van der Waals surface area (Å²) in [5.74, 6) is 0. The molecule has 0 spiro atoms. The van der Waals surface area contributed by atoms with Gasteiger partial charge in [0.05, 0.1) is 22.4 Å². The highest BCUT2D eigenvalue weighted by molar-refractivity contribution is 6.10. The largest absolute Gasteiger partial charge is 0.265 e. The molecule has 0 amide bonds. The van der Waals surface area contributed by atoms with Crippen LogP contribution in [-0.4, -0.2) is 19.9 Å². The molecule has 0 bridgehead atoms. The van der Waals surface area contributed by atoms with Crippen LogP contribution in [0.25, 0.3) is 77.3 Å². The van der Waals surface area contributed by atoms with E-state index in [4.69, 9.17) is 9.97 Å². The molecule has 4 heteroatoms. The van der Waals surface area contributed by atoms with Gasteiger partial charge in [-0.1, -0.05) is 84.9 Å². The summed E-state index contributed by atoms with van der Waals surface area (Å²) in [5, 5.41) is 4.60. The van der Waals surface area contributed by atoms with Gasteiger partial charge in [-0.05, 0) is 80.2 Å². The Kier molecular flexibility index (Phi) is 5.75. The highest BCUT2D eigenvalue weighted by atomic mass is 14.8. The van der Waals surface area contributed by atoms with Crippen molar-refractivity contribution in [1.82, 2.24) is 19.9 Å². The maximum Gasteiger partial charge on any atom is 0.0979 e. The molecule has 42 heavy (non-hydrogen) atoms. The average molecular weight is 537 g/mol. The first kappa shape index (κ1) is 24.1. The third-order valence-electron chi connectivity index (χ3n) is 7.91. The molecule has 0 N–H and O–H groups in total. The third kappa shape index (κ3) is 4.01. The minimum Gasteiger partial charge on any atom is -0.265 e. The quantitative estimate of drug-likeness (QED) is 0.225. The number of hydrogen-bond acceptors (Lipinski definition) is 4. The number of rotatable bonds is 4. The van der Waals surface area contributed by atoms with Crippen LogP contribution in [0, 0.1) is 0 Å². The summed E-state index contributed by atoms with van der Waals surface area (Å²) >= 11 is 0. The van der Waals surface area contributed by atoms with Gasteiger partial charge in [-0.15, -0.1) is 0 Å². The molecule has 196 valence electrons. The number of fused-ring (bicyclic) bond motifs is 3. The Balaban J connectivity index is 1.43. The van der Waals surface area contributed by atoms with Gasteiger partial charge in [-0.3, -0.25) is 9.97 Å². The van der Waals surface area contributed by atoms with Crippen LogP contribution in [0.1, 0.15) is 0 Å². The Bertz CT molecular complexity index is 2080. The van der Waals surface area contributed by atoms with Gasteiger partial charge in [0.1, 0.15) is 0 Å². The first-order valence-corrected chi connectivity index (χ1v) is 14.0. The molecule has 0 aliphatic heterocycles. The average Bonchev–Trinajstić information content (AvgIpc) is 3.07. The van der Waals surface area contributed by atoms with Crippen LogP contribution in [-0.2, 0) is 0 Å². The second-order valence-corrected chi connectivity index (χ2v) is 10.3. The molecular weight excluding hydrogens is 512 g/mol. The van der Waals surface area contributed by atoms with Crippen LogP contribution in [0.3, 0.4) is 0 Å². The molecule has 0 radical (unpaired) electrons. The molecule has 5 aromatic carbocycles. The van der Waals surface area contributed by atoms with E-state index < -0.39 is 0 Å². The van der Waals surface area contributed by atoms with Gasteiger partial charge in [0.25, 0.3) is 0 Å². The van der Waals surface area contributed by atoms with Crippen molar-refractivity contribution in [3.63, 3.8) is 0 Å². The lowest BCUT2D eigenvalue weighted by molar-refractivity contribution is 1.30. The second kappa shape index (κ2) is 10.0. The first-order valence-electron chi connectivity index (χ1n) is 14.0. The number of aromatic nitrogens is 4. The fourth-order valence-corrected chi connectivity index (χ4v) is 5.95. The van der Waals surface area contributed by atoms with Crippen molar-refractivity contribution in [1.29, 1.82) is 0 Å². The van der Waals surface area contributed by atoms with E-state index in [-0.39, 0.29) is 0 Å². The Labute approximate surface area is 243 Å². The fourth-order valence-electron chi connectivity index (χ4n) is 5.95. The maximum atomic E-state index is 5.28. The van der Waals surface area contributed by atoms with E-state index in [0.717, 1.165) is 55.4 Å². The van der Waals surface area contributed by atoms with Crippen molar-refractivity contribution in [3.05, 3.63) is 146 Å². The summed E-state index contributed by atoms with van der Waals surface area (Å²) in [4.78, 5) is 19.0. The number of hydrogen-bond donors (Lipinski definition) is 0. The molecule has 0 saturated heterocycles. The highest BCUT2D eigenvalue weighted by Gasteiger charge is 2.19. The monoisotopic (exact) mass is 536 g/mol. The summed E-state index contributed by atoms with van der Waals surface area (Å²) in [7, 11) is 0. The Morgan fingerprint density at radius 1 is 0.310 bits per heavy atom. The van der Waals surface area contributed by atoms with Gasteiger partial charge in [0.2, 0.25) is 0 Å². The van der Waals surface area contributed by atoms with Gasteiger partial charge in [0, 0.05) is 35.9 Å². The summed E-state index contributed by atoms with van der Waals surface area (Å²) < 4.78 is 0. The maximum absolute atomic E-state index is 5.28. The van der Waals surface area contributed by atoms with Crippen molar-refractivity contribution >= 4 is 32.6 Å².